The Hall–Kier alpha value is -2.09. The summed E-state index contributed by atoms with van der Waals surface area (Å²) in [4.78, 5) is 23.6. The molecule has 0 aliphatic carbocycles. The van der Waals surface area contributed by atoms with Gasteiger partial charge in [0.2, 0.25) is 5.91 Å². The van der Waals surface area contributed by atoms with Crippen LogP contribution in [0, 0.1) is 5.92 Å². The molecule has 8 heteroatoms. The minimum absolute atomic E-state index is 0.160. The molecule has 2 atom stereocenters. The SMILES string of the molecule is NC(=O)C(NC(=O)c1cccc(C(F)(F)F)c1)[C@@H]1CCNC1. The summed E-state index contributed by atoms with van der Waals surface area (Å²) in [5, 5.41) is 5.47. The molecule has 1 saturated heterocycles. The number of nitrogens with two attached hydrogens (primary N) is 1. The molecule has 5 nitrogen and oxygen atoms in total. The van der Waals surface area contributed by atoms with E-state index in [1.165, 1.54) is 6.07 Å². The van der Waals surface area contributed by atoms with Crippen LogP contribution in [0.25, 0.3) is 0 Å². The zero-order valence-corrected chi connectivity index (χ0v) is 11.6. The second-order valence-corrected chi connectivity index (χ2v) is 5.18. The second-order valence-electron chi connectivity index (χ2n) is 5.18. The third-order valence-electron chi connectivity index (χ3n) is 3.62. The molecular weight excluding hydrogens is 299 g/mol. The quantitative estimate of drug-likeness (QED) is 0.772. The summed E-state index contributed by atoms with van der Waals surface area (Å²) in [6.45, 7) is 1.23. The van der Waals surface area contributed by atoms with Crippen LogP contribution in [0.1, 0.15) is 22.3 Å². The van der Waals surface area contributed by atoms with E-state index in [0.29, 0.717) is 19.5 Å². The van der Waals surface area contributed by atoms with Crippen LogP contribution in [-0.2, 0) is 11.0 Å². The molecule has 1 unspecified atom stereocenters. The van der Waals surface area contributed by atoms with E-state index in [2.05, 4.69) is 10.6 Å². The molecule has 1 aliphatic rings. The molecule has 1 fully saturated rings. The summed E-state index contributed by atoms with van der Waals surface area (Å²) in [5.41, 5.74) is 4.20. The maximum atomic E-state index is 12.7. The molecule has 0 spiro atoms. The molecule has 4 N–H and O–H groups in total. The Balaban J connectivity index is 2.15. The molecule has 1 aromatic rings. The number of primary amides is 1. The molecule has 0 bridgehead atoms. The van der Waals surface area contributed by atoms with Gasteiger partial charge in [0.25, 0.3) is 5.91 Å². The number of hydrogen-bond acceptors (Lipinski definition) is 3. The van der Waals surface area contributed by atoms with Crippen LogP contribution in [0.4, 0.5) is 13.2 Å². The Bertz CT molecular complexity index is 569. The third-order valence-corrected chi connectivity index (χ3v) is 3.62. The van der Waals surface area contributed by atoms with Crippen LogP contribution < -0.4 is 16.4 Å². The van der Waals surface area contributed by atoms with Crippen LogP contribution in [0.5, 0.6) is 0 Å². The van der Waals surface area contributed by atoms with Gasteiger partial charge in [-0.15, -0.1) is 0 Å². The molecule has 2 amide bonds. The number of carbonyl (C=O) groups excluding carboxylic acids is 2. The van der Waals surface area contributed by atoms with E-state index >= 15 is 0 Å². The van der Waals surface area contributed by atoms with E-state index in [1.807, 2.05) is 0 Å². The van der Waals surface area contributed by atoms with Crippen molar-refractivity contribution in [2.75, 3.05) is 13.1 Å². The summed E-state index contributed by atoms with van der Waals surface area (Å²) in [5.74, 6) is -1.61. The van der Waals surface area contributed by atoms with Gasteiger partial charge in [-0.25, -0.2) is 0 Å². The molecule has 1 aliphatic heterocycles. The van der Waals surface area contributed by atoms with E-state index < -0.39 is 29.6 Å². The Labute approximate surface area is 125 Å². The normalized spacial score (nSPS) is 19.7. The average molecular weight is 315 g/mol. The summed E-state index contributed by atoms with van der Waals surface area (Å²) in [6, 6.07) is 3.13. The molecule has 1 aromatic carbocycles. The van der Waals surface area contributed by atoms with Crippen LogP contribution in [0.2, 0.25) is 0 Å². The van der Waals surface area contributed by atoms with E-state index in [1.54, 1.807) is 0 Å². The summed E-state index contributed by atoms with van der Waals surface area (Å²) < 4.78 is 38.0. The highest BCUT2D eigenvalue weighted by molar-refractivity contribution is 5.97. The van der Waals surface area contributed by atoms with Crippen molar-refractivity contribution >= 4 is 11.8 Å². The van der Waals surface area contributed by atoms with E-state index in [-0.39, 0.29) is 11.5 Å². The largest absolute Gasteiger partial charge is 0.416 e. The molecule has 120 valence electrons. The number of rotatable bonds is 4. The van der Waals surface area contributed by atoms with Crippen LogP contribution in [-0.4, -0.2) is 30.9 Å². The van der Waals surface area contributed by atoms with E-state index in [0.717, 1.165) is 18.2 Å². The predicted molar refractivity (Wildman–Crippen MR) is 72.9 cm³/mol. The minimum atomic E-state index is -4.53. The van der Waals surface area contributed by atoms with Crippen LogP contribution >= 0.6 is 0 Å². The lowest BCUT2D eigenvalue weighted by Gasteiger charge is -2.21. The fourth-order valence-electron chi connectivity index (χ4n) is 2.44. The van der Waals surface area contributed by atoms with Crippen molar-refractivity contribution in [2.24, 2.45) is 11.7 Å². The Morgan fingerprint density at radius 3 is 2.64 bits per heavy atom. The molecule has 2 rings (SSSR count). The molecule has 0 aromatic heterocycles. The fraction of sp³-hybridized carbons (Fsp3) is 0.429. The highest BCUT2D eigenvalue weighted by Gasteiger charge is 2.33. The van der Waals surface area contributed by atoms with Gasteiger partial charge < -0.3 is 16.4 Å². The number of halogens is 3. The lowest BCUT2D eigenvalue weighted by Crippen LogP contribution is -2.49. The molecule has 0 radical (unpaired) electrons. The first-order chi connectivity index (χ1) is 10.3. The maximum Gasteiger partial charge on any atom is 0.416 e. The number of alkyl halides is 3. The first-order valence-electron chi connectivity index (χ1n) is 6.77. The van der Waals surface area contributed by atoms with Gasteiger partial charge >= 0.3 is 6.18 Å². The van der Waals surface area contributed by atoms with Gasteiger partial charge in [0, 0.05) is 18.0 Å². The summed E-state index contributed by atoms with van der Waals surface area (Å²) in [6.07, 6.45) is -3.87. The number of benzene rings is 1. The van der Waals surface area contributed by atoms with Gasteiger partial charge in [-0.2, -0.15) is 13.2 Å². The van der Waals surface area contributed by atoms with Crippen molar-refractivity contribution in [3.05, 3.63) is 35.4 Å². The first-order valence-corrected chi connectivity index (χ1v) is 6.77. The lowest BCUT2D eigenvalue weighted by molar-refractivity contribution is -0.137. The van der Waals surface area contributed by atoms with E-state index in [4.69, 9.17) is 5.73 Å². The zero-order chi connectivity index (χ0) is 16.3. The second kappa shape index (κ2) is 6.35. The third kappa shape index (κ3) is 3.76. The van der Waals surface area contributed by atoms with Crippen molar-refractivity contribution < 1.29 is 22.8 Å². The van der Waals surface area contributed by atoms with Crippen LogP contribution in [0.15, 0.2) is 24.3 Å². The maximum absolute atomic E-state index is 12.7. The topological polar surface area (TPSA) is 84.2 Å². The number of nitrogens with one attached hydrogen (secondary N) is 2. The average Bonchev–Trinajstić information content (AvgIpc) is 2.97. The fourth-order valence-corrected chi connectivity index (χ4v) is 2.44. The standard InChI is InChI=1S/C14H16F3N3O2/c15-14(16,17)10-3-1-2-8(6-10)13(22)20-11(12(18)21)9-4-5-19-7-9/h1-3,6,9,11,19H,4-5,7H2,(H2,18,21)(H,20,22)/t9-,11?/m1/s1. The molecule has 22 heavy (non-hydrogen) atoms. The van der Waals surface area contributed by atoms with E-state index in [9.17, 15) is 22.8 Å². The number of carbonyl (C=O) groups is 2. The van der Waals surface area contributed by atoms with Gasteiger partial charge in [0.05, 0.1) is 5.56 Å². The van der Waals surface area contributed by atoms with Gasteiger partial charge in [-0.3, -0.25) is 9.59 Å². The van der Waals surface area contributed by atoms with Gasteiger partial charge in [0.1, 0.15) is 6.04 Å². The molecular formula is C14H16F3N3O2. The zero-order valence-electron chi connectivity index (χ0n) is 11.6. The van der Waals surface area contributed by atoms with Gasteiger partial charge in [-0.05, 0) is 31.2 Å². The van der Waals surface area contributed by atoms with Gasteiger partial charge in [-0.1, -0.05) is 6.07 Å². The number of amides is 2. The Morgan fingerprint density at radius 2 is 2.09 bits per heavy atom. The van der Waals surface area contributed by atoms with Gasteiger partial charge in [0.15, 0.2) is 0 Å². The minimum Gasteiger partial charge on any atom is -0.368 e. The van der Waals surface area contributed by atoms with Crippen molar-refractivity contribution in [1.29, 1.82) is 0 Å². The predicted octanol–water partition coefficient (Wildman–Crippen LogP) is 0.899. The van der Waals surface area contributed by atoms with Crippen molar-refractivity contribution in [2.45, 2.75) is 18.6 Å². The summed E-state index contributed by atoms with van der Waals surface area (Å²) >= 11 is 0. The highest BCUT2D eigenvalue weighted by atomic mass is 19.4. The summed E-state index contributed by atoms with van der Waals surface area (Å²) in [7, 11) is 0. The monoisotopic (exact) mass is 315 g/mol. The van der Waals surface area contributed by atoms with Crippen molar-refractivity contribution in [1.82, 2.24) is 10.6 Å². The molecule has 1 heterocycles. The van der Waals surface area contributed by atoms with Crippen molar-refractivity contribution in [3.8, 4) is 0 Å². The Kier molecular flexibility index (Phi) is 4.70. The van der Waals surface area contributed by atoms with Crippen molar-refractivity contribution in [3.63, 3.8) is 0 Å². The highest BCUT2D eigenvalue weighted by Crippen LogP contribution is 2.29. The number of hydrogen-bond donors (Lipinski definition) is 3. The smallest absolute Gasteiger partial charge is 0.368 e. The molecule has 0 saturated carbocycles. The first kappa shape index (κ1) is 16.3. The lowest BCUT2D eigenvalue weighted by atomic mass is 9.97. The van der Waals surface area contributed by atoms with Crippen LogP contribution in [0.3, 0.4) is 0 Å². The Morgan fingerprint density at radius 1 is 1.36 bits per heavy atom.